The van der Waals surface area contributed by atoms with Crippen LogP contribution in [0.3, 0.4) is 0 Å². The molecule has 0 radical (unpaired) electrons. The van der Waals surface area contributed by atoms with E-state index in [0.717, 1.165) is 51.5 Å². The number of halogens is 1. The number of hydrogen-bond donors (Lipinski definition) is 1. The number of benzene rings is 2. The zero-order chi connectivity index (χ0) is 18.8. The molecule has 0 saturated carbocycles. The molecule has 2 aromatic carbocycles. The average Bonchev–Trinajstić information content (AvgIpc) is 2.86. The first-order valence-electron chi connectivity index (χ1n) is 9.67. The Labute approximate surface area is 168 Å². The highest BCUT2D eigenvalue weighted by Gasteiger charge is 2.20. The highest BCUT2D eigenvalue weighted by molar-refractivity contribution is 9.11. The van der Waals surface area contributed by atoms with Crippen molar-refractivity contribution in [2.45, 2.75) is 32.1 Å². The van der Waals surface area contributed by atoms with Gasteiger partial charge >= 0.3 is 0 Å². The SMILES string of the molecule is O=CC1CCN(c2ccc(C3=C(Br)CCCc4cc(O)ccc43)cc2)CC1. The fraction of sp³-hybridized carbons (Fsp3) is 0.348. The van der Waals surface area contributed by atoms with Gasteiger partial charge in [0.15, 0.2) is 0 Å². The number of anilines is 1. The zero-order valence-corrected chi connectivity index (χ0v) is 16.9. The Kier molecular flexibility index (Phi) is 5.35. The summed E-state index contributed by atoms with van der Waals surface area (Å²) in [5, 5.41) is 9.86. The maximum Gasteiger partial charge on any atom is 0.123 e. The average molecular weight is 426 g/mol. The Bertz CT molecular complexity index is 864. The van der Waals surface area contributed by atoms with Crippen molar-refractivity contribution in [3.05, 3.63) is 63.6 Å². The zero-order valence-electron chi connectivity index (χ0n) is 15.3. The minimum absolute atomic E-state index is 0.223. The number of fused-ring (bicyclic) bond motifs is 1. The number of phenolic OH excluding ortho intramolecular Hbond substituents is 1. The maximum atomic E-state index is 11.0. The van der Waals surface area contributed by atoms with E-state index in [1.807, 2.05) is 12.1 Å². The van der Waals surface area contributed by atoms with Crippen molar-refractivity contribution < 1.29 is 9.90 Å². The summed E-state index contributed by atoms with van der Waals surface area (Å²) in [5.41, 5.74) is 6.06. The van der Waals surface area contributed by atoms with E-state index >= 15 is 0 Å². The molecule has 1 N–H and O–H groups in total. The molecular formula is C23H24BrNO2. The van der Waals surface area contributed by atoms with Crippen LogP contribution in [0.25, 0.3) is 5.57 Å². The number of rotatable bonds is 3. The maximum absolute atomic E-state index is 11.0. The monoisotopic (exact) mass is 425 g/mol. The third kappa shape index (κ3) is 3.81. The van der Waals surface area contributed by atoms with E-state index in [-0.39, 0.29) is 5.92 Å². The summed E-state index contributed by atoms with van der Waals surface area (Å²) < 4.78 is 1.23. The fourth-order valence-electron chi connectivity index (χ4n) is 4.18. The minimum atomic E-state index is 0.223. The van der Waals surface area contributed by atoms with Crippen LogP contribution in [0.15, 0.2) is 46.9 Å². The van der Waals surface area contributed by atoms with Gasteiger partial charge in [-0.3, -0.25) is 0 Å². The molecule has 1 aliphatic heterocycles. The summed E-state index contributed by atoms with van der Waals surface area (Å²) >= 11 is 3.81. The number of aryl methyl sites for hydroxylation is 1. The third-order valence-corrected chi connectivity index (χ3v) is 6.52. The van der Waals surface area contributed by atoms with Crippen LogP contribution in [0, 0.1) is 5.92 Å². The highest BCUT2D eigenvalue weighted by Crippen LogP contribution is 2.39. The van der Waals surface area contributed by atoms with E-state index in [1.54, 1.807) is 6.07 Å². The smallest absolute Gasteiger partial charge is 0.123 e. The normalized spacial score (nSPS) is 18.2. The van der Waals surface area contributed by atoms with Crippen molar-refractivity contribution in [3.63, 3.8) is 0 Å². The molecule has 1 fully saturated rings. The van der Waals surface area contributed by atoms with E-state index in [2.05, 4.69) is 45.1 Å². The molecular weight excluding hydrogens is 402 g/mol. The molecule has 4 rings (SSSR count). The van der Waals surface area contributed by atoms with Gasteiger partial charge in [-0.1, -0.05) is 34.1 Å². The molecule has 2 aliphatic rings. The second-order valence-electron chi connectivity index (χ2n) is 7.48. The van der Waals surface area contributed by atoms with Crippen LogP contribution >= 0.6 is 15.9 Å². The molecule has 27 heavy (non-hydrogen) atoms. The number of nitrogens with zero attached hydrogens (tertiary/aromatic N) is 1. The van der Waals surface area contributed by atoms with Gasteiger partial charge in [0.2, 0.25) is 0 Å². The molecule has 0 atom stereocenters. The number of carbonyl (C=O) groups excluding carboxylic acids is 1. The van der Waals surface area contributed by atoms with E-state index in [4.69, 9.17) is 0 Å². The molecule has 0 unspecified atom stereocenters. The molecule has 0 bridgehead atoms. The summed E-state index contributed by atoms with van der Waals surface area (Å²) in [6.45, 7) is 1.88. The van der Waals surface area contributed by atoms with Crippen molar-refractivity contribution in [2.75, 3.05) is 18.0 Å². The van der Waals surface area contributed by atoms with Crippen molar-refractivity contribution in [2.24, 2.45) is 5.92 Å². The van der Waals surface area contributed by atoms with Gasteiger partial charge in [0.25, 0.3) is 0 Å². The van der Waals surface area contributed by atoms with E-state index < -0.39 is 0 Å². The lowest BCUT2D eigenvalue weighted by Gasteiger charge is -2.31. The number of phenols is 1. The molecule has 0 amide bonds. The largest absolute Gasteiger partial charge is 0.508 e. The number of piperidine rings is 1. The van der Waals surface area contributed by atoms with Gasteiger partial charge in [-0.05, 0) is 78.6 Å². The first kappa shape index (κ1) is 18.3. The summed E-state index contributed by atoms with van der Waals surface area (Å²) in [7, 11) is 0. The Balaban J connectivity index is 1.63. The first-order chi connectivity index (χ1) is 13.2. The number of allylic oxidation sites excluding steroid dienone is 1. The summed E-state index contributed by atoms with van der Waals surface area (Å²) in [4.78, 5) is 13.3. The molecule has 140 valence electrons. The van der Waals surface area contributed by atoms with Gasteiger partial charge < -0.3 is 14.8 Å². The second-order valence-corrected chi connectivity index (χ2v) is 8.44. The number of aldehydes is 1. The third-order valence-electron chi connectivity index (χ3n) is 5.73. The summed E-state index contributed by atoms with van der Waals surface area (Å²) in [6, 6.07) is 14.5. The Morgan fingerprint density at radius 2 is 1.78 bits per heavy atom. The van der Waals surface area contributed by atoms with Crippen LogP contribution in [0.2, 0.25) is 0 Å². The second kappa shape index (κ2) is 7.89. The van der Waals surface area contributed by atoms with E-state index in [9.17, 15) is 9.90 Å². The highest BCUT2D eigenvalue weighted by atomic mass is 79.9. The van der Waals surface area contributed by atoms with Crippen molar-refractivity contribution in [1.82, 2.24) is 0 Å². The van der Waals surface area contributed by atoms with Crippen molar-refractivity contribution >= 4 is 33.5 Å². The van der Waals surface area contributed by atoms with Gasteiger partial charge in [-0.25, -0.2) is 0 Å². The Morgan fingerprint density at radius 1 is 1.04 bits per heavy atom. The molecule has 2 aromatic rings. The number of carbonyl (C=O) groups is 1. The topological polar surface area (TPSA) is 40.5 Å². The fourth-order valence-corrected chi connectivity index (χ4v) is 4.90. The van der Waals surface area contributed by atoms with Gasteiger partial charge in [-0.2, -0.15) is 0 Å². The van der Waals surface area contributed by atoms with Gasteiger partial charge in [-0.15, -0.1) is 0 Å². The lowest BCUT2D eigenvalue weighted by atomic mass is 9.93. The minimum Gasteiger partial charge on any atom is -0.508 e. The molecule has 0 spiro atoms. The summed E-state index contributed by atoms with van der Waals surface area (Å²) in [5.74, 6) is 0.556. The lowest BCUT2D eigenvalue weighted by Crippen LogP contribution is -2.34. The lowest BCUT2D eigenvalue weighted by molar-refractivity contribution is -0.111. The standard InChI is InChI=1S/C23H24BrNO2/c24-22-3-1-2-18-14-20(27)8-9-21(18)23(22)17-4-6-19(7-5-17)25-12-10-16(15-26)11-13-25/h4-9,14-16,27H,1-3,10-13H2. The molecule has 4 heteroatoms. The van der Waals surface area contributed by atoms with Crippen LogP contribution < -0.4 is 4.90 Å². The number of aromatic hydroxyl groups is 1. The van der Waals surface area contributed by atoms with Gasteiger partial charge in [0.05, 0.1) is 0 Å². The Hall–Kier alpha value is -2.07. The molecule has 1 heterocycles. The van der Waals surface area contributed by atoms with Crippen molar-refractivity contribution in [1.29, 1.82) is 0 Å². The summed E-state index contributed by atoms with van der Waals surface area (Å²) in [6.07, 6.45) is 6.05. The molecule has 1 aliphatic carbocycles. The first-order valence-corrected chi connectivity index (χ1v) is 10.5. The van der Waals surface area contributed by atoms with Crippen LogP contribution in [-0.2, 0) is 11.2 Å². The molecule has 3 nitrogen and oxygen atoms in total. The predicted octanol–water partition coefficient (Wildman–Crippen LogP) is 5.30. The quantitative estimate of drug-likeness (QED) is 0.678. The molecule has 0 aromatic heterocycles. The predicted molar refractivity (Wildman–Crippen MR) is 113 cm³/mol. The van der Waals surface area contributed by atoms with Crippen LogP contribution in [0.5, 0.6) is 5.75 Å². The van der Waals surface area contributed by atoms with Gasteiger partial charge in [0.1, 0.15) is 12.0 Å². The van der Waals surface area contributed by atoms with Gasteiger partial charge in [0, 0.05) is 29.2 Å². The Morgan fingerprint density at radius 3 is 2.48 bits per heavy atom. The van der Waals surface area contributed by atoms with Crippen LogP contribution in [-0.4, -0.2) is 24.5 Å². The number of hydrogen-bond acceptors (Lipinski definition) is 3. The molecule has 1 saturated heterocycles. The van der Waals surface area contributed by atoms with E-state index in [0.29, 0.717) is 5.75 Å². The van der Waals surface area contributed by atoms with Crippen molar-refractivity contribution in [3.8, 4) is 5.75 Å². The van der Waals surface area contributed by atoms with E-state index in [1.165, 1.54) is 32.4 Å². The van der Waals surface area contributed by atoms with Crippen LogP contribution in [0.4, 0.5) is 5.69 Å². The van der Waals surface area contributed by atoms with Crippen LogP contribution in [0.1, 0.15) is 42.4 Å².